The second-order valence-corrected chi connectivity index (χ2v) is 5.04. The summed E-state index contributed by atoms with van der Waals surface area (Å²) >= 11 is 0. The van der Waals surface area contributed by atoms with Gasteiger partial charge in [0, 0.05) is 23.5 Å². The molecule has 4 nitrogen and oxygen atoms in total. The van der Waals surface area contributed by atoms with Crippen molar-refractivity contribution in [3.05, 3.63) is 23.8 Å². The predicted octanol–water partition coefficient (Wildman–Crippen LogP) is 2.23. The second kappa shape index (κ2) is 5.08. The summed E-state index contributed by atoms with van der Waals surface area (Å²) in [5, 5.41) is 6.08. The fraction of sp³-hybridized carbons (Fsp3) is 0.462. The highest BCUT2D eigenvalue weighted by atomic mass is 16.1. The number of anilines is 2. The summed E-state index contributed by atoms with van der Waals surface area (Å²) in [5.74, 6) is -0.0840. The maximum atomic E-state index is 11.9. The molecule has 0 atom stereocenters. The zero-order valence-corrected chi connectivity index (χ0v) is 10.9. The monoisotopic (exact) mass is 235 g/mol. The number of carbonyl (C=O) groups is 1. The van der Waals surface area contributed by atoms with Crippen LogP contribution in [0.2, 0.25) is 0 Å². The van der Waals surface area contributed by atoms with Crippen LogP contribution in [0.4, 0.5) is 11.4 Å². The Morgan fingerprint density at radius 1 is 1.35 bits per heavy atom. The van der Waals surface area contributed by atoms with E-state index in [4.69, 9.17) is 5.73 Å². The summed E-state index contributed by atoms with van der Waals surface area (Å²) in [4.78, 5) is 11.9. The smallest absolute Gasteiger partial charge is 0.253 e. The van der Waals surface area contributed by atoms with Crippen molar-refractivity contribution < 1.29 is 4.79 Å². The zero-order valence-electron chi connectivity index (χ0n) is 10.9. The first-order valence-corrected chi connectivity index (χ1v) is 5.79. The standard InChI is InChI=1S/C13H21N3O/c1-5-15-12(17)10-7-6-9(14)8-11(10)16-13(2,3)4/h6-8,16H,5,14H2,1-4H3,(H,15,17). The average Bonchev–Trinajstić information content (AvgIpc) is 2.15. The number of amides is 1. The lowest BCUT2D eigenvalue weighted by Crippen LogP contribution is -2.29. The maximum absolute atomic E-state index is 11.9. The van der Waals surface area contributed by atoms with Crippen LogP contribution in [0.3, 0.4) is 0 Å². The van der Waals surface area contributed by atoms with E-state index in [1.54, 1.807) is 18.2 Å². The number of nitrogens with one attached hydrogen (secondary N) is 2. The molecule has 1 amide bonds. The lowest BCUT2D eigenvalue weighted by Gasteiger charge is -2.24. The maximum Gasteiger partial charge on any atom is 0.253 e. The molecule has 1 rings (SSSR count). The molecule has 1 aromatic carbocycles. The summed E-state index contributed by atoms with van der Waals surface area (Å²) < 4.78 is 0. The van der Waals surface area contributed by atoms with Crippen molar-refractivity contribution in [2.45, 2.75) is 33.2 Å². The number of hydrogen-bond donors (Lipinski definition) is 3. The van der Waals surface area contributed by atoms with Crippen LogP contribution >= 0.6 is 0 Å². The van der Waals surface area contributed by atoms with Crippen molar-refractivity contribution in [2.24, 2.45) is 0 Å². The highest BCUT2D eigenvalue weighted by Crippen LogP contribution is 2.22. The fourth-order valence-electron chi connectivity index (χ4n) is 1.52. The van der Waals surface area contributed by atoms with E-state index < -0.39 is 0 Å². The molecule has 4 heteroatoms. The Bertz CT molecular complexity index is 408. The van der Waals surface area contributed by atoms with Gasteiger partial charge in [0.15, 0.2) is 0 Å². The quantitative estimate of drug-likeness (QED) is 0.704. The van der Waals surface area contributed by atoms with E-state index in [9.17, 15) is 4.79 Å². The minimum Gasteiger partial charge on any atom is -0.399 e. The van der Waals surface area contributed by atoms with Crippen molar-refractivity contribution in [3.8, 4) is 0 Å². The molecule has 0 fully saturated rings. The molecule has 0 radical (unpaired) electrons. The van der Waals surface area contributed by atoms with Crippen LogP contribution in [0, 0.1) is 0 Å². The molecule has 94 valence electrons. The molecule has 17 heavy (non-hydrogen) atoms. The summed E-state index contributed by atoms with van der Waals surface area (Å²) in [6.45, 7) is 8.62. The Kier molecular flexibility index (Phi) is 3.99. The Morgan fingerprint density at radius 2 is 2.00 bits per heavy atom. The van der Waals surface area contributed by atoms with Gasteiger partial charge in [-0.25, -0.2) is 0 Å². The molecule has 4 N–H and O–H groups in total. The number of hydrogen-bond acceptors (Lipinski definition) is 3. The fourth-order valence-corrected chi connectivity index (χ4v) is 1.52. The second-order valence-electron chi connectivity index (χ2n) is 5.04. The Balaban J connectivity index is 3.08. The van der Waals surface area contributed by atoms with Crippen LogP contribution in [0.15, 0.2) is 18.2 Å². The third-order valence-corrected chi connectivity index (χ3v) is 2.14. The first-order chi connectivity index (χ1) is 7.83. The van der Waals surface area contributed by atoms with Gasteiger partial charge in [-0.1, -0.05) is 0 Å². The Labute approximate surface area is 103 Å². The molecule has 0 heterocycles. The van der Waals surface area contributed by atoms with Crippen LogP contribution < -0.4 is 16.4 Å². The third kappa shape index (κ3) is 3.98. The molecule has 0 aliphatic carbocycles. The molecular formula is C13H21N3O. The molecule has 0 aliphatic heterocycles. The normalized spacial score (nSPS) is 11.1. The van der Waals surface area contributed by atoms with Crippen LogP contribution in [0.25, 0.3) is 0 Å². The highest BCUT2D eigenvalue weighted by Gasteiger charge is 2.16. The highest BCUT2D eigenvalue weighted by molar-refractivity contribution is 6.00. The lowest BCUT2D eigenvalue weighted by molar-refractivity contribution is 0.0956. The van der Waals surface area contributed by atoms with E-state index in [-0.39, 0.29) is 11.4 Å². The SMILES string of the molecule is CCNC(=O)c1ccc(N)cc1NC(C)(C)C. The topological polar surface area (TPSA) is 67.2 Å². The van der Waals surface area contributed by atoms with Gasteiger partial charge in [0.25, 0.3) is 5.91 Å². The molecule has 0 bridgehead atoms. The van der Waals surface area contributed by atoms with Gasteiger partial charge >= 0.3 is 0 Å². The largest absolute Gasteiger partial charge is 0.399 e. The van der Waals surface area contributed by atoms with E-state index in [2.05, 4.69) is 10.6 Å². The van der Waals surface area contributed by atoms with Gasteiger partial charge < -0.3 is 16.4 Å². The van der Waals surface area contributed by atoms with Crippen LogP contribution in [0.1, 0.15) is 38.1 Å². The van der Waals surface area contributed by atoms with Gasteiger partial charge in [-0.3, -0.25) is 4.79 Å². The van der Waals surface area contributed by atoms with Gasteiger partial charge in [0.1, 0.15) is 0 Å². The van der Waals surface area contributed by atoms with Crippen molar-refractivity contribution in [3.63, 3.8) is 0 Å². The van der Waals surface area contributed by atoms with E-state index in [1.807, 2.05) is 27.7 Å². The minimum atomic E-state index is -0.116. The summed E-state index contributed by atoms with van der Waals surface area (Å²) in [7, 11) is 0. The van der Waals surface area contributed by atoms with Gasteiger partial charge in [-0.2, -0.15) is 0 Å². The first-order valence-electron chi connectivity index (χ1n) is 5.79. The number of nitrogens with two attached hydrogens (primary N) is 1. The number of carbonyl (C=O) groups excluding carboxylic acids is 1. The predicted molar refractivity (Wildman–Crippen MR) is 72.2 cm³/mol. The van der Waals surface area contributed by atoms with Gasteiger partial charge in [-0.05, 0) is 45.9 Å². The molecular weight excluding hydrogens is 214 g/mol. The lowest BCUT2D eigenvalue weighted by atomic mass is 10.1. The van der Waals surface area contributed by atoms with E-state index in [1.165, 1.54) is 0 Å². The van der Waals surface area contributed by atoms with Crippen molar-refractivity contribution >= 4 is 17.3 Å². The molecule has 0 aromatic heterocycles. The number of rotatable bonds is 3. The molecule has 0 unspecified atom stereocenters. The molecule has 0 saturated carbocycles. The minimum absolute atomic E-state index is 0.0840. The van der Waals surface area contributed by atoms with Crippen LogP contribution in [0.5, 0.6) is 0 Å². The molecule has 0 saturated heterocycles. The summed E-state index contributed by atoms with van der Waals surface area (Å²) in [6.07, 6.45) is 0. The van der Waals surface area contributed by atoms with Gasteiger partial charge in [0.2, 0.25) is 0 Å². The molecule has 1 aromatic rings. The first kappa shape index (κ1) is 13.4. The zero-order chi connectivity index (χ0) is 13.1. The molecule has 0 spiro atoms. The van der Waals surface area contributed by atoms with Crippen molar-refractivity contribution in [2.75, 3.05) is 17.6 Å². The van der Waals surface area contributed by atoms with Crippen LogP contribution in [-0.4, -0.2) is 18.0 Å². The molecule has 0 aliphatic rings. The van der Waals surface area contributed by atoms with E-state index >= 15 is 0 Å². The van der Waals surface area contributed by atoms with E-state index in [0.717, 1.165) is 5.69 Å². The van der Waals surface area contributed by atoms with E-state index in [0.29, 0.717) is 17.8 Å². The Morgan fingerprint density at radius 3 is 2.53 bits per heavy atom. The van der Waals surface area contributed by atoms with Gasteiger partial charge in [-0.15, -0.1) is 0 Å². The summed E-state index contributed by atoms with van der Waals surface area (Å²) in [5.41, 5.74) is 7.66. The number of benzene rings is 1. The Hall–Kier alpha value is -1.71. The number of nitrogen functional groups attached to an aromatic ring is 1. The van der Waals surface area contributed by atoms with Crippen LogP contribution in [-0.2, 0) is 0 Å². The van der Waals surface area contributed by atoms with Crippen molar-refractivity contribution in [1.29, 1.82) is 0 Å². The van der Waals surface area contributed by atoms with Gasteiger partial charge in [0.05, 0.1) is 5.56 Å². The van der Waals surface area contributed by atoms with Crippen molar-refractivity contribution in [1.82, 2.24) is 5.32 Å². The third-order valence-electron chi connectivity index (χ3n) is 2.14. The summed E-state index contributed by atoms with van der Waals surface area (Å²) in [6, 6.07) is 5.27. The average molecular weight is 235 g/mol.